The van der Waals surface area contributed by atoms with Crippen molar-refractivity contribution >= 4 is 136 Å². The van der Waals surface area contributed by atoms with Crippen LogP contribution in [0.2, 0.25) is 0 Å². The number of imide groups is 6. The molecule has 24 nitrogen and oxygen atoms in total. The van der Waals surface area contributed by atoms with Gasteiger partial charge in [-0.1, -0.05) is 182 Å². The Kier molecular flexibility index (Phi) is 19.3. The third kappa shape index (κ3) is 12.9. The van der Waals surface area contributed by atoms with E-state index in [4.69, 9.17) is 37.9 Å². The van der Waals surface area contributed by atoms with Crippen LogP contribution in [0, 0.1) is 22.7 Å². The molecule has 0 fully saturated rings. The summed E-state index contributed by atoms with van der Waals surface area (Å²) in [6.07, 6.45) is -2.83. The van der Waals surface area contributed by atoms with E-state index in [0.717, 1.165) is 45.3 Å². The molecule has 0 unspecified atom stereocenters. The van der Waals surface area contributed by atoms with Gasteiger partial charge in [0.1, 0.15) is 84.4 Å². The van der Waals surface area contributed by atoms with Crippen LogP contribution in [0.3, 0.4) is 0 Å². The van der Waals surface area contributed by atoms with Gasteiger partial charge in [-0.15, -0.1) is 45.3 Å². The molecule has 0 bridgehead atoms. The van der Waals surface area contributed by atoms with Gasteiger partial charge >= 0.3 is 47.3 Å². The molecule has 524 valence electrons. The molecule has 10 aromatic rings. The number of rotatable bonds is 18. The van der Waals surface area contributed by atoms with Crippen molar-refractivity contribution in [1.82, 2.24) is 9.80 Å². The number of thiophene rings is 4. The number of ether oxygens (including phenoxy) is 8. The number of benzene rings is 6. The molecule has 0 N–H and O–H groups in total. The number of carbonyl (C=O) groups is 10. The molecule has 0 atom stereocenters. The van der Waals surface area contributed by atoms with Gasteiger partial charge in [-0.2, -0.15) is 20.3 Å². The van der Waals surface area contributed by atoms with E-state index in [1.165, 1.54) is 26.0 Å². The fourth-order valence-electron chi connectivity index (χ4n) is 11.7. The zero-order valence-corrected chi connectivity index (χ0v) is 58.6. The van der Waals surface area contributed by atoms with Gasteiger partial charge in [-0.3, -0.25) is 19.2 Å². The summed E-state index contributed by atoms with van der Waals surface area (Å²) >= 11 is 3.49. The second kappa shape index (κ2) is 29.3. The molecule has 0 aliphatic carbocycles. The Bertz CT molecular complexity index is 5090. The lowest BCUT2D eigenvalue weighted by Crippen LogP contribution is -2.52. The Morgan fingerprint density at radius 1 is 0.387 bits per heavy atom. The molecule has 6 aromatic carbocycles. The minimum atomic E-state index is -2.95. The molecule has 4 aliphatic rings. The first-order valence-corrected chi connectivity index (χ1v) is 35.4. The lowest BCUT2D eigenvalue weighted by Gasteiger charge is -2.33. The second-order valence-corrected chi connectivity index (χ2v) is 27.9. The number of nitriles is 2. The summed E-state index contributed by atoms with van der Waals surface area (Å²) in [5.41, 5.74) is -6.25. The quantitative estimate of drug-likeness (QED) is 0.0333. The van der Waals surface area contributed by atoms with Gasteiger partial charge in [0.15, 0.2) is 11.5 Å². The van der Waals surface area contributed by atoms with Crippen LogP contribution in [0.1, 0.15) is 58.4 Å². The molecule has 0 saturated carbocycles. The fourth-order valence-corrected chi connectivity index (χ4v) is 16.8. The Hall–Kier alpha value is -13.1. The third-order valence-electron chi connectivity index (χ3n) is 17.1. The highest BCUT2D eigenvalue weighted by Gasteiger charge is 2.62. The first-order chi connectivity index (χ1) is 51.4. The number of amides is 6. The van der Waals surface area contributed by atoms with Crippen LogP contribution >= 0.6 is 45.3 Å². The summed E-state index contributed by atoms with van der Waals surface area (Å²) in [4.78, 5) is 158. The highest BCUT2D eigenvalue weighted by atomic mass is 32.1. The number of esters is 4. The summed E-state index contributed by atoms with van der Waals surface area (Å²) in [6, 6.07) is 56.9. The fraction of sp³-hybridized carbons (Fsp3) is 0.128. The van der Waals surface area contributed by atoms with Crippen molar-refractivity contribution in [3.63, 3.8) is 0 Å². The number of aliphatic imine (C=N–C) groups is 2. The monoisotopic (exact) mass is 1490 g/mol. The number of nitrogens with zero attached hydrogens (tertiary/aromatic N) is 6. The highest BCUT2D eigenvalue weighted by Crippen LogP contribution is 2.66. The smallest absolute Gasteiger partial charge is 0.424 e. The molecule has 0 spiro atoms. The molecule has 8 heterocycles. The van der Waals surface area contributed by atoms with Gasteiger partial charge in [0.2, 0.25) is 0 Å². The number of carbonyl (C=O) groups excluding carboxylic acids is 10. The van der Waals surface area contributed by atoms with Crippen molar-refractivity contribution in [3.8, 4) is 43.1 Å². The highest BCUT2D eigenvalue weighted by molar-refractivity contribution is 7.35. The Balaban J connectivity index is 0.962. The van der Waals surface area contributed by atoms with E-state index in [1.54, 1.807) is 194 Å². The molecule has 0 saturated heterocycles. The average molecular weight is 1490 g/mol. The van der Waals surface area contributed by atoms with E-state index in [1.807, 2.05) is 0 Å². The van der Waals surface area contributed by atoms with Crippen LogP contribution in [-0.4, -0.2) is 80.9 Å². The minimum Gasteiger partial charge on any atom is -0.457 e. The zero-order chi connectivity index (χ0) is 74.0. The van der Waals surface area contributed by atoms with E-state index < -0.39 is 120 Å². The van der Waals surface area contributed by atoms with Crippen LogP contribution in [0.4, 0.5) is 19.6 Å². The average Bonchev–Trinajstić information content (AvgIpc) is 1.53. The first kappa shape index (κ1) is 69.9. The number of hydrogen-bond donors (Lipinski definition) is 0. The summed E-state index contributed by atoms with van der Waals surface area (Å²) < 4.78 is 49.5. The largest absolute Gasteiger partial charge is 0.457 e. The molecular weight excluding hydrogens is 1440 g/mol. The second-order valence-electron chi connectivity index (χ2n) is 23.8. The van der Waals surface area contributed by atoms with Crippen molar-refractivity contribution in [2.24, 2.45) is 9.98 Å². The van der Waals surface area contributed by atoms with Gasteiger partial charge < -0.3 is 37.9 Å². The summed E-state index contributed by atoms with van der Waals surface area (Å²) in [6.45, 7) is 0.163. The Morgan fingerprint density at radius 3 is 0.915 bits per heavy atom. The van der Waals surface area contributed by atoms with Gasteiger partial charge in [-0.05, 0) is 59.4 Å². The minimum absolute atomic E-state index is 0.0759. The first-order valence-electron chi connectivity index (χ1n) is 32.1. The van der Waals surface area contributed by atoms with Crippen LogP contribution in [0.25, 0.3) is 28.9 Å². The van der Waals surface area contributed by atoms with Crippen LogP contribution in [0.15, 0.2) is 226 Å². The molecule has 0 radical (unpaired) electrons. The van der Waals surface area contributed by atoms with Gasteiger partial charge in [-0.25, -0.2) is 38.8 Å². The lowest BCUT2D eigenvalue weighted by molar-refractivity contribution is -0.185. The molecular formula is C78H50N6O18S4. The van der Waals surface area contributed by atoms with Gasteiger partial charge in [0, 0.05) is 22.3 Å². The van der Waals surface area contributed by atoms with E-state index in [0.29, 0.717) is 33.4 Å². The number of hydrogen-bond acceptors (Lipinski definition) is 26. The maximum Gasteiger partial charge on any atom is 0.424 e. The maximum absolute atomic E-state index is 15.7. The topological polar surface area (TPSA) is 323 Å². The summed E-state index contributed by atoms with van der Waals surface area (Å²) in [7, 11) is 0. The standard InChI is InChI=1S/C78H50N6O18S4/c1-43-51(35-79)67(85)83(75(93)99-41-49-29-17-7-18-30-49)69(87)57(43)81-55-33-53-61(103-55)63-59(101-77(53,71(89)95-37-45-21-9-3-10-22-45)72(90)96-38-46-23-11-4-12-24-46)65-66(105-63)60-64(106-65)62-54(78(102-60,73(91)97-39-47-25-13-5-14-26-47)74(92)98-40-48-27-15-6-16-28-48)34-56(104-62)82-58-44(2)52(36-80)68(86)84(70(58)88)76(94)100-42-50-31-19-8-20-32-50/h3-34H,37-42H2,1-2H3. The lowest BCUT2D eigenvalue weighted by atomic mass is 9.90. The van der Waals surface area contributed by atoms with Crippen molar-refractivity contribution in [3.05, 3.63) is 261 Å². The van der Waals surface area contributed by atoms with Crippen LogP contribution in [-0.2, 0) is 118 Å². The van der Waals surface area contributed by atoms with E-state index in [-0.39, 0.29) is 95.7 Å². The summed E-state index contributed by atoms with van der Waals surface area (Å²) in [5.74, 6) is -10.7. The van der Waals surface area contributed by atoms with Crippen molar-refractivity contribution in [2.75, 3.05) is 0 Å². The Labute approximate surface area is 617 Å². The van der Waals surface area contributed by atoms with Crippen molar-refractivity contribution in [2.45, 2.75) is 64.7 Å². The van der Waals surface area contributed by atoms with Crippen LogP contribution < -0.4 is 9.47 Å². The SMILES string of the molecule is CC1=C(C#N)C(=O)N(C(=O)OCc2ccccc2)C(=O)C1=Nc1cc2c(s1)-c1sc3c4c(sc3c1OC2(C(=O)OCc1ccccc1)C(=O)OCc1ccccc1)-c1sc(N=C2C(=O)N(C(=O)OCc3ccccc3)C(=O)C(C#N)=C2C)cc1C(C(=O)OCc1ccccc1)(C(=O)OCc1ccccc1)O4. The van der Waals surface area contributed by atoms with Gasteiger partial charge in [0.05, 0.1) is 28.9 Å². The van der Waals surface area contributed by atoms with Crippen molar-refractivity contribution < 1.29 is 85.8 Å². The third-order valence-corrected chi connectivity index (χ3v) is 22.0. The normalized spacial score (nSPS) is 15.4. The number of fused-ring (bicyclic) bond motifs is 9. The van der Waals surface area contributed by atoms with E-state index in [9.17, 15) is 39.3 Å². The zero-order valence-electron chi connectivity index (χ0n) is 55.4. The molecule has 4 aromatic heterocycles. The molecule has 14 rings (SSSR count). The maximum atomic E-state index is 15.7. The molecule has 106 heavy (non-hydrogen) atoms. The Morgan fingerprint density at radius 2 is 0.651 bits per heavy atom. The molecule has 4 aliphatic heterocycles. The molecule has 28 heteroatoms. The summed E-state index contributed by atoms with van der Waals surface area (Å²) in [5, 5.41) is 20.5. The molecule has 6 amide bonds. The van der Waals surface area contributed by atoms with Crippen LogP contribution in [0.5, 0.6) is 11.5 Å². The van der Waals surface area contributed by atoms with Crippen molar-refractivity contribution in [1.29, 1.82) is 10.5 Å². The predicted octanol–water partition coefficient (Wildman–Crippen LogP) is 13.8. The van der Waals surface area contributed by atoms with E-state index >= 15 is 19.2 Å². The van der Waals surface area contributed by atoms with E-state index in [2.05, 4.69) is 9.98 Å². The van der Waals surface area contributed by atoms with Gasteiger partial charge in [0.25, 0.3) is 23.6 Å². The predicted molar refractivity (Wildman–Crippen MR) is 384 cm³/mol.